The Labute approximate surface area is 125 Å². The van der Waals surface area contributed by atoms with Crippen molar-refractivity contribution in [3.05, 3.63) is 48.2 Å². The Hall–Kier alpha value is -2.96. The molecule has 3 rings (SSSR count). The summed E-state index contributed by atoms with van der Waals surface area (Å²) in [7, 11) is 2.96. The molecule has 0 unspecified atom stereocenters. The van der Waals surface area contributed by atoms with E-state index in [1.54, 1.807) is 19.2 Å². The lowest BCUT2D eigenvalue weighted by Crippen LogP contribution is -2.27. The standard InChI is InChI=1S/C15H13FN4O2/c1-20(9-3-4-10(16)13(7-9)22-2)15(21)12-6-5-11-14(19-12)18-8-17-11/h3-8H,1-2H3,(H,17,18,19). The number of carbonyl (C=O) groups is 1. The number of imidazole rings is 1. The number of benzene rings is 1. The monoisotopic (exact) mass is 300 g/mol. The van der Waals surface area contributed by atoms with Crippen molar-refractivity contribution < 1.29 is 13.9 Å². The van der Waals surface area contributed by atoms with Crippen LogP contribution in [0.2, 0.25) is 0 Å². The van der Waals surface area contributed by atoms with E-state index in [4.69, 9.17) is 4.74 Å². The minimum atomic E-state index is -0.482. The summed E-state index contributed by atoms with van der Waals surface area (Å²) in [5, 5.41) is 0. The second-order valence-corrected chi connectivity index (χ2v) is 4.65. The van der Waals surface area contributed by atoms with Gasteiger partial charge in [-0.2, -0.15) is 0 Å². The molecule has 0 aliphatic carbocycles. The third kappa shape index (κ3) is 2.37. The smallest absolute Gasteiger partial charge is 0.276 e. The molecule has 0 atom stereocenters. The van der Waals surface area contributed by atoms with Gasteiger partial charge in [0.25, 0.3) is 5.91 Å². The highest BCUT2D eigenvalue weighted by Crippen LogP contribution is 2.24. The molecule has 0 fully saturated rings. The van der Waals surface area contributed by atoms with Crippen molar-refractivity contribution in [3.63, 3.8) is 0 Å². The quantitative estimate of drug-likeness (QED) is 0.806. The molecule has 0 radical (unpaired) electrons. The van der Waals surface area contributed by atoms with Gasteiger partial charge in [-0.3, -0.25) is 4.79 Å². The third-order valence-electron chi connectivity index (χ3n) is 3.32. The number of aromatic nitrogens is 3. The predicted molar refractivity (Wildman–Crippen MR) is 79.6 cm³/mol. The molecule has 1 amide bonds. The average molecular weight is 300 g/mol. The normalized spacial score (nSPS) is 10.7. The molecule has 0 saturated carbocycles. The molecule has 0 spiro atoms. The van der Waals surface area contributed by atoms with Crippen LogP contribution in [0.15, 0.2) is 36.7 Å². The van der Waals surface area contributed by atoms with Gasteiger partial charge in [-0.05, 0) is 24.3 Å². The van der Waals surface area contributed by atoms with Gasteiger partial charge in [0, 0.05) is 18.8 Å². The number of pyridine rings is 1. The SMILES string of the molecule is COc1cc(N(C)C(=O)c2ccc3nc[nH]c3n2)ccc1F. The van der Waals surface area contributed by atoms with E-state index < -0.39 is 5.82 Å². The molecule has 112 valence electrons. The first-order valence-electron chi connectivity index (χ1n) is 6.52. The molecule has 22 heavy (non-hydrogen) atoms. The number of amides is 1. The maximum Gasteiger partial charge on any atom is 0.276 e. The predicted octanol–water partition coefficient (Wildman–Crippen LogP) is 2.38. The van der Waals surface area contributed by atoms with E-state index in [-0.39, 0.29) is 17.4 Å². The maximum atomic E-state index is 13.4. The van der Waals surface area contributed by atoms with Crippen molar-refractivity contribution in [2.75, 3.05) is 19.1 Å². The number of rotatable bonds is 3. The van der Waals surface area contributed by atoms with Crippen molar-refractivity contribution in [1.29, 1.82) is 0 Å². The molecule has 0 aliphatic rings. The minimum absolute atomic E-state index is 0.0779. The van der Waals surface area contributed by atoms with Crippen LogP contribution in [0.25, 0.3) is 11.2 Å². The maximum absolute atomic E-state index is 13.4. The van der Waals surface area contributed by atoms with E-state index in [1.165, 1.54) is 36.5 Å². The number of carbonyl (C=O) groups excluding carboxylic acids is 1. The molecule has 1 N–H and O–H groups in total. The highest BCUT2D eigenvalue weighted by Gasteiger charge is 2.17. The van der Waals surface area contributed by atoms with Gasteiger partial charge >= 0.3 is 0 Å². The molecule has 1 aromatic carbocycles. The molecule has 3 aromatic rings. The second kappa shape index (κ2) is 5.44. The van der Waals surface area contributed by atoms with Gasteiger partial charge in [-0.25, -0.2) is 14.4 Å². The van der Waals surface area contributed by atoms with Crippen molar-refractivity contribution in [3.8, 4) is 5.75 Å². The third-order valence-corrected chi connectivity index (χ3v) is 3.32. The summed E-state index contributed by atoms with van der Waals surface area (Å²) >= 11 is 0. The Morgan fingerprint density at radius 3 is 2.91 bits per heavy atom. The highest BCUT2D eigenvalue weighted by molar-refractivity contribution is 6.05. The van der Waals surface area contributed by atoms with Gasteiger partial charge in [-0.15, -0.1) is 0 Å². The molecule has 0 aliphatic heterocycles. The molecule has 2 aromatic heterocycles. The fourth-order valence-electron chi connectivity index (χ4n) is 2.09. The lowest BCUT2D eigenvalue weighted by atomic mass is 10.2. The number of aromatic amines is 1. The van der Waals surface area contributed by atoms with Crippen LogP contribution in [-0.2, 0) is 0 Å². The summed E-state index contributed by atoms with van der Waals surface area (Å²) in [6, 6.07) is 7.53. The number of halogens is 1. The minimum Gasteiger partial charge on any atom is -0.494 e. The van der Waals surface area contributed by atoms with Crippen LogP contribution in [0.1, 0.15) is 10.5 Å². The molecular formula is C15H13FN4O2. The van der Waals surface area contributed by atoms with Crippen molar-refractivity contribution >= 4 is 22.8 Å². The first-order chi connectivity index (χ1) is 10.6. The topological polar surface area (TPSA) is 71.1 Å². The van der Waals surface area contributed by atoms with Gasteiger partial charge in [-0.1, -0.05) is 0 Å². The summed E-state index contributed by atoms with van der Waals surface area (Å²) in [6.45, 7) is 0. The van der Waals surface area contributed by atoms with Crippen LogP contribution in [0.4, 0.5) is 10.1 Å². The molecular weight excluding hydrogens is 287 g/mol. The first kappa shape index (κ1) is 14.0. The molecule has 2 heterocycles. The Morgan fingerprint density at radius 2 is 2.14 bits per heavy atom. The van der Waals surface area contributed by atoms with E-state index in [9.17, 15) is 9.18 Å². The number of fused-ring (bicyclic) bond motifs is 1. The Morgan fingerprint density at radius 1 is 1.32 bits per heavy atom. The Balaban J connectivity index is 1.93. The van der Waals surface area contributed by atoms with E-state index in [0.29, 0.717) is 16.9 Å². The number of hydrogen-bond donors (Lipinski definition) is 1. The first-order valence-corrected chi connectivity index (χ1v) is 6.52. The highest BCUT2D eigenvalue weighted by atomic mass is 19.1. The lowest BCUT2D eigenvalue weighted by Gasteiger charge is -2.17. The van der Waals surface area contributed by atoms with Crippen molar-refractivity contribution in [1.82, 2.24) is 15.0 Å². The van der Waals surface area contributed by atoms with Gasteiger partial charge < -0.3 is 14.6 Å². The van der Waals surface area contributed by atoms with Crippen LogP contribution in [0.5, 0.6) is 5.75 Å². The zero-order chi connectivity index (χ0) is 15.7. The number of H-pyrrole nitrogens is 1. The number of ether oxygens (including phenoxy) is 1. The number of nitrogens with one attached hydrogen (secondary N) is 1. The van der Waals surface area contributed by atoms with E-state index in [0.717, 1.165) is 0 Å². The van der Waals surface area contributed by atoms with E-state index in [1.807, 2.05) is 0 Å². The Bertz CT molecular complexity index is 846. The van der Waals surface area contributed by atoms with Crippen LogP contribution in [0.3, 0.4) is 0 Å². The average Bonchev–Trinajstić information content (AvgIpc) is 3.01. The van der Waals surface area contributed by atoms with Crippen LogP contribution >= 0.6 is 0 Å². The molecule has 7 heteroatoms. The number of hydrogen-bond acceptors (Lipinski definition) is 4. The van der Waals surface area contributed by atoms with Gasteiger partial charge in [0.1, 0.15) is 11.2 Å². The lowest BCUT2D eigenvalue weighted by molar-refractivity contribution is 0.0988. The van der Waals surface area contributed by atoms with Crippen LogP contribution in [0, 0.1) is 5.82 Å². The summed E-state index contributed by atoms with van der Waals surface area (Å²) in [5.41, 5.74) is 2.00. The number of methoxy groups -OCH3 is 1. The summed E-state index contributed by atoms with van der Waals surface area (Å²) < 4.78 is 18.4. The van der Waals surface area contributed by atoms with E-state index in [2.05, 4.69) is 15.0 Å². The molecule has 0 bridgehead atoms. The number of nitrogens with zero attached hydrogens (tertiary/aromatic N) is 3. The fraction of sp³-hybridized carbons (Fsp3) is 0.133. The van der Waals surface area contributed by atoms with Gasteiger partial charge in [0.2, 0.25) is 0 Å². The zero-order valence-electron chi connectivity index (χ0n) is 12.0. The summed E-state index contributed by atoms with van der Waals surface area (Å²) in [4.78, 5) is 25.0. The van der Waals surface area contributed by atoms with Crippen LogP contribution in [-0.4, -0.2) is 35.0 Å². The van der Waals surface area contributed by atoms with E-state index >= 15 is 0 Å². The Kier molecular flexibility index (Phi) is 3.46. The number of anilines is 1. The summed E-state index contributed by atoms with van der Waals surface area (Å²) in [6.07, 6.45) is 1.51. The van der Waals surface area contributed by atoms with Gasteiger partial charge in [0.15, 0.2) is 17.2 Å². The molecule has 6 nitrogen and oxygen atoms in total. The van der Waals surface area contributed by atoms with Crippen LogP contribution < -0.4 is 9.64 Å². The zero-order valence-corrected chi connectivity index (χ0v) is 12.0. The van der Waals surface area contributed by atoms with Crippen molar-refractivity contribution in [2.24, 2.45) is 0 Å². The summed E-state index contributed by atoms with van der Waals surface area (Å²) in [5.74, 6) is -0.719. The fourth-order valence-corrected chi connectivity index (χ4v) is 2.09. The second-order valence-electron chi connectivity index (χ2n) is 4.65. The van der Waals surface area contributed by atoms with Crippen molar-refractivity contribution in [2.45, 2.75) is 0 Å². The molecule has 0 saturated heterocycles. The largest absolute Gasteiger partial charge is 0.494 e. The van der Waals surface area contributed by atoms with Gasteiger partial charge in [0.05, 0.1) is 13.4 Å².